The van der Waals surface area contributed by atoms with Crippen molar-refractivity contribution in [3.05, 3.63) is 101 Å². The summed E-state index contributed by atoms with van der Waals surface area (Å²) in [5.41, 5.74) is 4.60. The lowest BCUT2D eigenvalue weighted by Crippen LogP contribution is -2.42. The molecule has 0 N–H and O–H groups in total. The van der Waals surface area contributed by atoms with Crippen molar-refractivity contribution in [1.29, 1.82) is 0 Å². The summed E-state index contributed by atoms with van der Waals surface area (Å²) in [6.07, 6.45) is 2.00. The Kier molecular flexibility index (Phi) is 4.99. The van der Waals surface area contributed by atoms with Crippen LogP contribution in [0, 0.1) is 31.6 Å². The van der Waals surface area contributed by atoms with Crippen LogP contribution in [0.25, 0.3) is 16.3 Å². The number of rotatable bonds is 2. The number of hydrogen-bond acceptors (Lipinski definition) is 6. The van der Waals surface area contributed by atoms with Crippen LogP contribution in [-0.4, -0.2) is 24.6 Å². The number of esters is 1. The van der Waals surface area contributed by atoms with E-state index >= 15 is 0 Å². The minimum absolute atomic E-state index is 0.128. The number of aryl methyl sites for hydroxylation is 2. The Hall–Kier alpha value is -4.91. The molecule has 3 heterocycles. The summed E-state index contributed by atoms with van der Waals surface area (Å²) >= 11 is 0. The summed E-state index contributed by atoms with van der Waals surface area (Å²) in [6, 6.07) is 23.0. The van der Waals surface area contributed by atoms with Crippen LogP contribution in [0.15, 0.2) is 78.9 Å². The van der Waals surface area contributed by atoms with E-state index < -0.39 is 29.6 Å². The largest absolute Gasteiger partial charge is 0.454 e. The fourth-order valence-corrected chi connectivity index (χ4v) is 6.93. The van der Waals surface area contributed by atoms with Crippen molar-refractivity contribution in [2.24, 2.45) is 17.8 Å². The topological polar surface area (TPSA) is 82.1 Å². The van der Waals surface area contributed by atoms with Crippen molar-refractivity contribution in [3.8, 4) is 17.2 Å². The Morgan fingerprint density at radius 1 is 0.805 bits per heavy atom. The number of carbonyl (C=O) groups is 3. The maximum Gasteiger partial charge on any atom is 0.319 e. The van der Waals surface area contributed by atoms with Crippen LogP contribution in [0.1, 0.15) is 28.2 Å². The molecule has 2 amide bonds. The minimum Gasteiger partial charge on any atom is -0.454 e. The Bertz CT molecular complexity index is 1870. The SMILES string of the molecule is Cc1ccc(C)c(N2C(=O)[C@@H]3[C@@H]4C(=O)Oc5c(ccc6ccccc56)C4=C[C@H](c4ccc5c(c4)OCO5)[C@@H]3C2=O)c1. The molecule has 1 saturated heterocycles. The molecule has 1 aliphatic carbocycles. The molecule has 4 aromatic rings. The van der Waals surface area contributed by atoms with Crippen molar-refractivity contribution in [2.45, 2.75) is 19.8 Å². The van der Waals surface area contributed by atoms with Crippen LogP contribution < -0.4 is 19.1 Å². The molecule has 4 aliphatic rings. The third-order valence-electron chi connectivity index (χ3n) is 8.87. The van der Waals surface area contributed by atoms with Crippen LogP contribution in [0.2, 0.25) is 0 Å². The predicted molar refractivity (Wildman–Crippen MR) is 152 cm³/mol. The summed E-state index contributed by atoms with van der Waals surface area (Å²) in [5, 5.41) is 1.78. The second-order valence-corrected chi connectivity index (χ2v) is 11.2. The fourth-order valence-electron chi connectivity index (χ4n) is 6.93. The first kappa shape index (κ1) is 23.9. The summed E-state index contributed by atoms with van der Waals surface area (Å²) in [4.78, 5) is 43.7. The maximum atomic E-state index is 14.3. The van der Waals surface area contributed by atoms with Crippen molar-refractivity contribution in [3.63, 3.8) is 0 Å². The van der Waals surface area contributed by atoms with Gasteiger partial charge in [0, 0.05) is 16.9 Å². The maximum absolute atomic E-state index is 14.3. The number of allylic oxidation sites excluding steroid dienone is 1. The summed E-state index contributed by atoms with van der Waals surface area (Å²) in [5.74, 6) is -2.56. The van der Waals surface area contributed by atoms with E-state index in [4.69, 9.17) is 14.2 Å². The van der Waals surface area contributed by atoms with Crippen molar-refractivity contribution in [1.82, 2.24) is 0 Å². The summed E-state index contributed by atoms with van der Waals surface area (Å²) < 4.78 is 17.2. The average molecular weight is 544 g/mol. The first-order valence-corrected chi connectivity index (χ1v) is 13.7. The van der Waals surface area contributed by atoms with Gasteiger partial charge in [0.15, 0.2) is 11.5 Å². The lowest BCUT2D eigenvalue weighted by molar-refractivity contribution is -0.142. The number of imide groups is 1. The zero-order valence-corrected chi connectivity index (χ0v) is 22.4. The third-order valence-corrected chi connectivity index (χ3v) is 8.87. The number of benzene rings is 4. The molecule has 1 fully saturated rings. The highest BCUT2D eigenvalue weighted by Crippen LogP contribution is 2.56. The first-order valence-electron chi connectivity index (χ1n) is 13.7. The second-order valence-electron chi connectivity index (χ2n) is 11.2. The zero-order valence-electron chi connectivity index (χ0n) is 22.4. The van der Waals surface area contributed by atoms with E-state index in [2.05, 4.69) is 0 Å². The smallest absolute Gasteiger partial charge is 0.319 e. The Morgan fingerprint density at radius 2 is 1.61 bits per heavy atom. The van der Waals surface area contributed by atoms with Crippen LogP contribution in [0.4, 0.5) is 5.69 Å². The summed E-state index contributed by atoms with van der Waals surface area (Å²) in [6.45, 7) is 3.94. The van der Waals surface area contributed by atoms with E-state index in [0.29, 0.717) is 22.9 Å². The van der Waals surface area contributed by atoms with Gasteiger partial charge in [0.25, 0.3) is 0 Å². The molecule has 0 saturated carbocycles. The van der Waals surface area contributed by atoms with E-state index in [0.717, 1.165) is 38.6 Å². The summed E-state index contributed by atoms with van der Waals surface area (Å²) in [7, 11) is 0. The number of amides is 2. The van der Waals surface area contributed by atoms with Gasteiger partial charge in [0.2, 0.25) is 18.6 Å². The zero-order chi connectivity index (χ0) is 28.0. The van der Waals surface area contributed by atoms with Crippen LogP contribution >= 0.6 is 0 Å². The molecular weight excluding hydrogens is 518 g/mol. The molecule has 3 aliphatic heterocycles. The lowest BCUT2D eigenvalue weighted by atomic mass is 9.64. The van der Waals surface area contributed by atoms with Gasteiger partial charge in [-0.05, 0) is 59.7 Å². The number of nitrogens with zero attached hydrogens (tertiary/aromatic N) is 1. The van der Waals surface area contributed by atoms with E-state index in [-0.39, 0.29) is 18.6 Å². The van der Waals surface area contributed by atoms with E-state index in [1.54, 1.807) is 0 Å². The van der Waals surface area contributed by atoms with Gasteiger partial charge < -0.3 is 14.2 Å². The monoisotopic (exact) mass is 543 g/mol. The Labute approximate surface area is 235 Å². The standard InChI is InChI=1S/C34H25NO6/c1-17-7-8-18(2)25(13-17)35-32(36)28-23(20-10-12-26-27(14-20)40-16-39-26)15-24-22-11-9-19-5-3-4-6-21(19)31(22)41-34(38)29(24)30(28)33(35)37/h3-15,23,28-30H,16H2,1-2H3/t23-,28+,29-,30+/m1/s1. The molecule has 4 atom stereocenters. The first-order chi connectivity index (χ1) is 19.9. The highest BCUT2D eigenvalue weighted by molar-refractivity contribution is 6.25. The lowest BCUT2D eigenvalue weighted by Gasteiger charge is -2.38. The molecule has 8 rings (SSSR count). The molecule has 0 spiro atoms. The molecule has 41 heavy (non-hydrogen) atoms. The fraction of sp³-hybridized carbons (Fsp3) is 0.206. The number of fused-ring (bicyclic) bond motifs is 8. The van der Waals surface area contributed by atoms with Gasteiger partial charge in [-0.1, -0.05) is 60.7 Å². The molecule has 0 unspecified atom stereocenters. The normalized spacial score (nSPS) is 24.1. The Balaban J connectivity index is 1.35. The molecule has 202 valence electrons. The molecule has 4 aromatic carbocycles. The average Bonchev–Trinajstić information content (AvgIpc) is 3.55. The molecule has 0 bridgehead atoms. The number of anilines is 1. The number of ether oxygens (including phenoxy) is 3. The van der Waals surface area contributed by atoms with Gasteiger partial charge in [0.05, 0.1) is 23.4 Å². The van der Waals surface area contributed by atoms with Crippen LogP contribution in [0.5, 0.6) is 17.2 Å². The second kappa shape index (κ2) is 8.54. The highest BCUT2D eigenvalue weighted by atomic mass is 16.7. The predicted octanol–water partition coefficient (Wildman–Crippen LogP) is 5.71. The number of hydrogen-bond donors (Lipinski definition) is 0. The quantitative estimate of drug-likeness (QED) is 0.183. The van der Waals surface area contributed by atoms with E-state index in [9.17, 15) is 14.4 Å². The van der Waals surface area contributed by atoms with Gasteiger partial charge >= 0.3 is 5.97 Å². The molecule has 7 heteroatoms. The van der Waals surface area contributed by atoms with Crippen LogP contribution in [0.3, 0.4) is 0 Å². The molecule has 0 aromatic heterocycles. The van der Waals surface area contributed by atoms with Gasteiger partial charge in [0.1, 0.15) is 5.75 Å². The van der Waals surface area contributed by atoms with Crippen molar-refractivity contribution in [2.75, 3.05) is 11.7 Å². The van der Waals surface area contributed by atoms with E-state index in [1.807, 2.05) is 92.7 Å². The third kappa shape index (κ3) is 3.35. The van der Waals surface area contributed by atoms with E-state index in [1.165, 1.54) is 4.90 Å². The molecular formula is C34H25NO6. The van der Waals surface area contributed by atoms with Crippen molar-refractivity contribution >= 4 is 39.8 Å². The molecule has 0 radical (unpaired) electrons. The van der Waals surface area contributed by atoms with Gasteiger partial charge in [-0.15, -0.1) is 0 Å². The van der Waals surface area contributed by atoms with Gasteiger partial charge in [-0.2, -0.15) is 0 Å². The molecule has 7 nitrogen and oxygen atoms in total. The van der Waals surface area contributed by atoms with Gasteiger partial charge in [-0.3, -0.25) is 14.4 Å². The highest BCUT2D eigenvalue weighted by Gasteiger charge is 2.60. The van der Waals surface area contributed by atoms with Gasteiger partial charge in [-0.25, -0.2) is 4.90 Å². The Morgan fingerprint density at radius 3 is 2.49 bits per heavy atom. The van der Waals surface area contributed by atoms with Crippen molar-refractivity contribution < 1.29 is 28.6 Å². The number of carbonyl (C=O) groups excluding carboxylic acids is 3. The van der Waals surface area contributed by atoms with Crippen LogP contribution in [-0.2, 0) is 14.4 Å². The minimum atomic E-state index is -0.912.